The molecule has 208 valence electrons. The molecule has 0 amide bonds. The number of piperidine rings is 1. The number of benzene rings is 3. The van der Waals surface area contributed by atoms with Gasteiger partial charge >= 0.3 is 18.1 Å². The number of hydrogen-bond acceptors (Lipinski definition) is 5. The monoisotopic (exact) mass is 564 g/mol. The van der Waals surface area contributed by atoms with Crippen molar-refractivity contribution in [2.75, 3.05) is 22.7 Å². The first-order valence-corrected chi connectivity index (χ1v) is 13.4. The summed E-state index contributed by atoms with van der Waals surface area (Å²) in [7, 11) is -3.84. The molecule has 0 spiro atoms. The zero-order valence-electron chi connectivity index (χ0n) is 20.6. The third kappa shape index (κ3) is 8.47. The van der Waals surface area contributed by atoms with Crippen LogP contribution in [0, 0.1) is 5.92 Å². The van der Waals surface area contributed by atoms with E-state index >= 15 is 0 Å². The van der Waals surface area contributed by atoms with Crippen molar-refractivity contribution in [3.8, 4) is 0 Å². The maximum atomic E-state index is 12.9. The molecule has 1 aliphatic heterocycles. The Hall–Kier alpha value is -4.06. The molecule has 3 N–H and O–H groups in total. The van der Waals surface area contributed by atoms with Gasteiger partial charge in [-0.1, -0.05) is 48.5 Å². The Kier molecular flexibility index (Phi) is 9.57. The summed E-state index contributed by atoms with van der Waals surface area (Å²) >= 11 is 0. The van der Waals surface area contributed by atoms with Crippen LogP contribution in [0.3, 0.4) is 0 Å². The minimum atomic E-state index is -5.08. The van der Waals surface area contributed by atoms with Gasteiger partial charge in [-0.15, -0.1) is 0 Å². The number of hydrogen-bond donors (Lipinski definition) is 3. The quantitative estimate of drug-likeness (QED) is 0.357. The molecule has 1 heterocycles. The lowest BCUT2D eigenvalue weighted by Crippen LogP contribution is -2.35. The molecule has 0 atom stereocenters. The van der Waals surface area contributed by atoms with Crippen LogP contribution in [0.2, 0.25) is 0 Å². The van der Waals surface area contributed by atoms with Crippen molar-refractivity contribution in [1.82, 2.24) is 0 Å². The molecule has 0 aromatic heterocycles. The van der Waals surface area contributed by atoms with Crippen LogP contribution in [0.4, 0.5) is 24.5 Å². The van der Waals surface area contributed by atoms with Crippen molar-refractivity contribution < 1.29 is 41.4 Å². The van der Waals surface area contributed by atoms with Crippen LogP contribution < -0.4 is 9.62 Å². The predicted octanol–water partition coefficient (Wildman–Crippen LogP) is 5.28. The first-order chi connectivity index (χ1) is 18.4. The topological polar surface area (TPSA) is 124 Å². The minimum absolute atomic E-state index is 0.0403. The Morgan fingerprint density at radius 2 is 1.44 bits per heavy atom. The van der Waals surface area contributed by atoms with E-state index in [0.717, 1.165) is 32.4 Å². The van der Waals surface area contributed by atoms with E-state index in [2.05, 4.69) is 33.9 Å². The van der Waals surface area contributed by atoms with Crippen molar-refractivity contribution >= 4 is 33.3 Å². The molecule has 0 radical (unpaired) electrons. The van der Waals surface area contributed by atoms with Gasteiger partial charge in [0.2, 0.25) is 0 Å². The van der Waals surface area contributed by atoms with Gasteiger partial charge < -0.3 is 15.1 Å². The molecule has 39 heavy (non-hydrogen) atoms. The number of carbonyl (C=O) groups is 2. The molecule has 0 bridgehead atoms. The SMILES string of the molecule is O=C(O)C(F)(F)F.O=C(O)c1ccc(N2CCC(Cc3ccccc3)CC2)c(NS(=O)(=O)c2ccccc2)c1. The van der Waals surface area contributed by atoms with Gasteiger partial charge in [-0.25, -0.2) is 18.0 Å². The highest BCUT2D eigenvalue weighted by Gasteiger charge is 2.38. The van der Waals surface area contributed by atoms with Crippen LogP contribution in [0.5, 0.6) is 0 Å². The van der Waals surface area contributed by atoms with Gasteiger partial charge in [0.25, 0.3) is 10.0 Å². The molecule has 8 nitrogen and oxygen atoms in total. The fourth-order valence-electron chi connectivity index (χ4n) is 4.16. The summed E-state index contributed by atoms with van der Waals surface area (Å²) in [6, 6.07) is 23.1. The summed E-state index contributed by atoms with van der Waals surface area (Å²) in [5.41, 5.74) is 2.36. The Morgan fingerprint density at radius 1 is 0.897 bits per heavy atom. The van der Waals surface area contributed by atoms with Crippen LogP contribution in [0.25, 0.3) is 0 Å². The van der Waals surface area contributed by atoms with E-state index in [-0.39, 0.29) is 16.1 Å². The molecular weight excluding hydrogens is 537 g/mol. The fourth-order valence-corrected chi connectivity index (χ4v) is 5.24. The largest absolute Gasteiger partial charge is 0.490 e. The van der Waals surface area contributed by atoms with E-state index in [1.165, 1.54) is 29.8 Å². The number of rotatable bonds is 7. The standard InChI is InChI=1S/C25H26N2O4S.C2HF3O2/c28-25(29)21-11-12-24(23(18-21)26-32(30,31)22-9-5-2-6-10-22)27-15-13-20(14-16-27)17-19-7-3-1-4-8-19;3-2(4,5)1(6)7/h1-12,18,20,26H,13-17H2,(H,28,29);(H,6,7). The minimum Gasteiger partial charge on any atom is -0.478 e. The first kappa shape index (κ1) is 29.5. The third-order valence-electron chi connectivity index (χ3n) is 6.11. The van der Waals surface area contributed by atoms with E-state index in [4.69, 9.17) is 9.90 Å². The number of halogens is 3. The lowest BCUT2D eigenvalue weighted by atomic mass is 9.90. The normalized spacial score (nSPS) is 14.2. The lowest BCUT2D eigenvalue weighted by Gasteiger charge is -2.35. The number of aliphatic carboxylic acids is 1. The van der Waals surface area contributed by atoms with Crippen LogP contribution in [-0.2, 0) is 21.2 Å². The van der Waals surface area contributed by atoms with Gasteiger partial charge in [0.05, 0.1) is 21.8 Å². The second kappa shape index (κ2) is 12.7. The van der Waals surface area contributed by atoms with Crippen molar-refractivity contribution in [3.63, 3.8) is 0 Å². The maximum absolute atomic E-state index is 12.9. The molecule has 1 aliphatic rings. The fraction of sp³-hybridized carbons (Fsp3) is 0.259. The molecule has 1 saturated heterocycles. The van der Waals surface area contributed by atoms with E-state index in [1.807, 2.05) is 6.07 Å². The van der Waals surface area contributed by atoms with Crippen molar-refractivity contribution in [2.45, 2.75) is 30.3 Å². The number of aromatic carboxylic acids is 1. The molecule has 4 rings (SSSR count). The highest BCUT2D eigenvalue weighted by atomic mass is 32.2. The van der Waals surface area contributed by atoms with Gasteiger partial charge in [0.1, 0.15) is 0 Å². The summed E-state index contributed by atoms with van der Waals surface area (Å²) in [6.07, 6.45) is -2.08. The Balaban J connectivity index is 0.000000532. The lowest BCUT2D eigenvalue weighted by molar-refractivity contribution is -0.192. The number of anilines is 2. The molecule has 1 fully saturated rings. The van der Waals surface area contributed by atoms with E-state index in [0.29, 0.717) is 11.6 Å². The van der Waals surface area contributed by atoms with Crippen molar-refractivity contribution in [2.24, 2.45) is 5.92 Å². The van der Waals surface area contributed by atoms with E-state index < -0.39 is 28.1 Å². The number of nitrogens with one attached hydrogen (secondary N) is 1. The smallest absolute Gasteiger partial charge is 0.478 e. The van der Waals surface area contributed by atoms with Crippen molar-refractivity contribution in [1.29, 1.82) is 0 Å². The maximum Gasteiger partial charge on any atom is 0.490 e. The Morgan fingerprint density at radius 3 is 1.95 bits per heavy atom. The third-order valence-corrected chi connectivity index (χ3v) is 7.49. The van der Waals surface area contributed by atoms with Crippen LogP contribution in [0.1, 0.15) is 28.8 Å². The van der Waals surface area contributed by atoms with Gasteiger partial charge in [0, 0.05) is 13.1 Å². The van der Waals surface area contributed by atoms with Crippen LogP contribution >= 0.6 is 0 Å². The number of sulfonamides is 1. The highest BCUT2D eigenvalue weighted by Crippen LogP contribution is 2.33. The zero-order valence-corrected chi connectivity index (χ0v) is 21.5. The summed E-state index contributed by atoms with van der Waals surface area (Å²) in [4.78, 5) is 22.7. The average Bonchev–Trinajstić information content (AvgIpc) is 2.90. The Labute approximate surface area is 223 Å². The van der Waals surface area contributed by atoms with Crippen LogP contribution in [-0.4, -0.2) is 49.8 Å². The molecule has 0 unspecified atom stereocenters. The number of carboxylic acid groups (broad SMARTS) is 2. The molecule has 12 heteroatoms. The predicted molar refractivity (Wildman–Crippen MR) is 139 cm³/mol. The first-order valence-electron chi connectivity index (χ1n) is 11.9. The molecule has 0 aliphatic carbocycles. The Bertz CT molecular complexity index is 1380. The van der Waals surface area contributed by atoms with Gasteiger partial charge in [-0.3, -0.25) is 4.72 Å². The van der Waals surface area contributed by atoms with Crippen molar-refractivity contribution in [3.05, 3.63) is 90.0 Å². The van der Waals surface area contributed by atoms with Crippen LogP contribution in [0.15, 0.2) is 83.8 Å². The summed E-state index contributed by atoms with van der Waals surface area (Å²) in [5, 5.41) is 16.5. The molecule has 3 aromatic carbocycles. The summed E-state index contributed by atoms with van der Waals surface area (Å²) in [5.74, 6) is -3.29. The number of nitrogens with zero attached hydrogens (tertiary/aromatic N) is 1. The molecule has 3 aromatic rings. The van der Waals surface area contributed by atoms with Gasteiger partial charge in [-0.05, 0) is 61.1 Å². The number of alkyl halides is 3. The van der Waals surface area contributed by atoms with Gasteiger partial charge in [-0.2, -0.15) is 13.2 Å². The van der Waals surface area contributed by atoms with E-state index in [1.54, 1.807) is 24.3 Å². The average molecular weight is 565 g/mol. The zero-order chi connectivity index (χ0) is 28.6. The summed E-state index contributed by atoms with van der Waals surface area (Å²) in [6.45, 7) is 1.56. The highest BCUT2D eigenvalue weighted by molar-refractivity contribution is 7.92. The summed E-state index contributed by atoms with van der Waals surface area (Å²) < 4.78 is 60.1. The second-order valence-corrected chi connectivity index (χ2v) is 10.6. The number of carboxylic acids is 2. The van der Waals surface area contributed by atoms with Gasteiger partial charge in [0.15, 0.2) is 0 Å². The molecular formula is C27H27F3N2O6S. The van der Waals surface area contributed by atoms with E-state index in [9.17, 15) is 31.5 Å². The second-order valence-electron chi connectivity index (χ2n) is 8.88. The molecule has 0 saturated carbocycles.